The van der Waals surface area contributed by atoms with Gasteiger partial charge in [0, 0.05) is 6.92 Å². The number of thiazole rings is 1. The van der Waals surface area contributed by atoms with Crippen molar-refractivity contribution in [1.82, 2.24) is 4.98 Å². The summed E-state index contributed by atoms with van der Waals surface area (Å²) in [6.45, 7) is 1.11. The summed E-state index contributed by atoms with van der Waals surface area (Å²) >= 11 is 0.708. The van der Waals surface area contributed by atoms with Crippen LogP contribution in [0.5, 0.6) is 5.75 Å². The topological polar surface area (TPSA) is 85.4 Å². The second-order valence-electron chi connectivity index (χ2n) is 6.05. The third-order valence-corrected chi connectivity index (χ3v) is 5.98. The van der Waals surface area contributed by atoms with E-state index in [1.54, 1.807) is 0 Å². The Bertz CT molecular complexity index is 1270. The van der Waals surface area contributed by atoms with E-state index in [-0.39, 0.29) is 9.83 Å². The number of carbonyl (C=O) groups is 1. The summed E-state index contributed by atoms with van der Waals surface area (Å²) < 4.78 is 109. The lowest BCUT2D eigenvalue weighted by molar-refractivity contribution is -0.140. The van der Waals surface area contributed by atoms with Crippen LogP contribution in [0.15, 0.2) is 41.3 Å². The van der Waals surface area contributed by atoms with Gasteiger partial charge in [-0.2, -0.15) is 34.8 Å². The molecule has 31 heavy (non-hydrogen) atoms. The number of carbonyl (C=O) groups excluding carboxylic acids is 1. The molecule has 1 aromatic heterocycles. The van der Waals surface area contributed by atoms with Gasteiger partial charge in [-0.3, -0.25) is 4.79 Å². The lowest BCUT2D eigenvalue weighted by atomic mass is 10.2. The van der Waals surface area contributed by atoms with Gasteiger partial charge in [0.15, 0.2) is 5.13 Å². The molecule has 0 radical (unpaired) electrons. The van der Waals surface area contributed by atoms with Gasteiger partial charge in [-0.25, -0.2) is 4.98 Å². The van der Waals surface area contributed by atoms with Crippen molar-refractivity contribution in [2.45, 2.75) is 24.2 Å². The highest BCUT2D eigenvalue weighted by molar-refractivity contribution is 7.87. The van der Waals surface area contributed by atoms with E-state index >= 15 is 0 Å². The molecule has 6 nitrogen and oxygen atoms in total. The molecule has 2 aromatic carbocycles. The van der Waals surface area contributed by atoms with Crippen molar-refractivity contribution in [2.24, 2.45) is 0 Å². The molecular formula is C17H10F6N2O4S2. The third kappa shape index (κ3) is 4.90. The first kappa shape index (κ1) is 22.8. The molecule has 1 amide bonds. The van der Waals surface area contributed by atoms with Crippen LogP contribution in [0.4, 0.5) is 31.5 Å². The third-order valence-electron chi connectivity index (χ3n) is 3.72. The van der Waals surface area contributed by atoms with Gasteiger partial charge in [-0.05, 0) is 30.3 Å². The Labute approximate surface area is 174 Å². The number of aromatic nitrogens is 1. The monoisotopic (exact) mass is 484 g/mol. The fourth-order valence-corrected chi connectivity index (χ4v) is 4.81. The molecule has 0 atom stereocenters. The largest absolute Gasteiger partial charge is 0.417 e. The maximum Gasteiger partial charge on any atom is 0.417 e. The molecule has 166 valence electrons. The van der Waals surface area contributed by atoms with Crippen molar-refractivity contribution in [1.29, 1.82) is 0 Å². The maximum absolute atomic E-state index is 13.5. The highest BCUT2D eigenvalue weighted by Crippen LogP contribution is 2.41. The normalized spacial score (nSPS) is 12.7. The maximum atomic E-state index is 13.5. The summed E-state index contributed by atoms with van der Waals surface area (Å²) in [5, 5.41) is 2.06. The number of benzene rings is 2. The van der Waals surface area contributed by atoms with Crippen LogP contribution in [-0.4, -0.2) is 19.3 Å². The summed E-state index contributed by atoms with van der Waals surface area (Å²) in [6.07, 6.45) is -9.98. The van der Waals surface area contributed by atoms with Crippen LogP contribution in [0, 0.1) is 0 Å². The van der Waals surface area contributed by atoms with Crippen LogP contribution in [0.2, 0.25) is 0 Å². The molecule has 0 aliphatic rings. The zero-order valence-corrected chi connectivity index (χ0v) is 16.8. The standard InChI is InChI=1S/C17H10F6N2O4S2/c1-8(26)24-15-25-13-12(30-15)6-5-11(17(21,22)23)14(13)31(27,28)29-10-4-2-3-9(7-10)16(18,19)20/h2-7H,1H3,(H,24,25,26). The average Bonchev–Trinajstić information content (AvgIpc) is 3.00. The number of rotatable bonds is 4. The van der Waals surface area contributed by atoms with Gasteiger partial charge in [-0.15, -0.1) is 0 Å². The number of hydrogen-bond acceptors (Lipinski definition) is 6. The van der Waals surface area contributed by atoms with E-state index in [1.165, 1.54) is 0 Å². The van der Waals surface area contributed by atoms with E-state index in [9.17, 15) is 39.6 Å². The Balaban J connectivity index is 2.19. The number of amides is 1. The van der Waals surface area contributed by atoms with Crippen LogP contribution in [0.25, 0.3) is 10.2 Å². The Hall–Kier alpha value is -2.87. The molecule has 14 heteroatoms. The van der Waals surface area contributed by atoms with Gasteiger partial charge in [-0.1, -0.05) is 17.4 Å². The highest BCUT2D eigenvalue weighted by atomic mass is 32.2. The molecule has 0 unspecified atom stereocenters. The molecule has 0 saturated heterocycles. The molecular weight excluding hydrogens is 474 g/mol. The molecule has 0 aliphatic carbocycles. The van der Waals surface area contributed by atoms with Crippen LogP contribution in [0.1, 0.15) is 18.1 Å². The van der Waals surface area contributed by atoms with Crippen molar-refractivity contribution in [3.05, 3.63) is 47.5 Å². The number of alkyl halides is 6. The van der Waals surface area contributed by atoms with Gasteiger partial charge in [0.2, 0.25) is 5.91 Å². The van der Waals surface area contributed by atoms with Crippen LogP contribution < -0.4 is 9.50 Å². The fourth-order valence-electron chi connectivity index (χ4n) is 2.54. The van der Waals surface area contributed by atoms with E-state index in [1.807, 2.05) is 0 Å². The molecule has 1 heterocycles. The SMILES string of the molecule is CC(=O)Nc1nc2c(S(=O)(=O)Oc3cccc(C(F)(F)F)c3)c(C(F)(F)F)ccc2s1. The molecule has 0 bridgehead atoms. The van der Waals surface area contributed by atoms with Gasteiger partial charge in [0.25, 0.3) is 0 Å². The van der Waals surface area contributed by atoms with Crippen LogP contribution in [0.3, 0.4) is 0 Å². The summed E-state index contributed by atoms with van der Waals surface area (Å²) in [7, 11) is -5.29. The second-order valence-corrected chi connectivity index (χ2v) is 8.56. The first-order chi connectivity index (χ1) is 14.2. The van der Waals surface area contributed by atoms with E-state index in [4.69, 9.17) is 0 Å². The molecule has 0 saturated carbocycles. The summed E-state index contributed by atoms with van der Waals surface area (Å²) in [5.74, 6) is -1.43. The predicted molar refractivity (Wildman–Crippen MR) is 98.2 cm³/mol. The Morgan fingerprint density at radius 2 is 1.74 bits per heavy atom. The van der Waals surface area contributed by atoms with E-state index in [0.717, 1.165) is 25.1 Å². The van der Waals surface area contributed by atoms with Crippen molar-refractivity contribution in [3.63, 3.8) is 0 Å². The second kappa shape index (κ2) is 7.67. The number of hydrogen-bond donors (Lipinski definition) is 1. The van der Waals surface area contributed by atoms with Gasteiger partial charge in [0.05, 0.1) is 15.8 Å². The molecule has 0 fully saturated rings. The van der Waals surface area contributed by atoms with Gasteiger partial charge in [0.1, 0.15) is 16.2 Å². The minimum Gasteiger partial charge on any atom is -0.379 e. The Morgan fingerprint density at radius 3 is 2.32 bits per heavy atom. The quantitative estimate of drug-likeness (QED) is 0.413. The molecule has 3 aromatic rings. The fraction of sp³-hybridized carbons (Fsp3) is 0.176. The molecule has 0 aliphatic heterocycles. The number of fused-ring (bicyclic) bond motifs is 1. The lowest BCUT2D eigenvalue weighted by Gasteiger charge is -2.15. The van der Waals surface area contributed by atoms with Crippen molar-refractivity contribution >= 4 is 42.7 Å². The first-order valence-corrected chi connectivity index (χ1v) is 10.3. The smallest absolute Gasteiger partial charge is 0.379 e. The van der Waals surface area contributed by atoms with Crippen molar-refractivity contribution < 1.29 is 43.7 Å². The van der Waals surface area contributed by atoms with E-state index < -0.39 is 55.7 Å². The molecule has 3 rings (SSSR count). The van der Waals surface area contributed by atoms with Crippen molar-refractivity contribution in [3.8, 4) is 5.75 Å². The molecule has 0 spiro atoms. The lowest BCUT2D eigenvalue weighted by Crippen LogP contribution is -2.18. The minimum atomic E-state index is -5.29. The highest BCUT2D eigenvalue weighted by Gasteiger charge is 2.40. The molecule has 1 N–H and O–H groups in total. The zero-order chi connectivity index (χ0) is 23.2. The summed E-state index contributed by atoms with van der Waals surface area (Å²) in [6, 6.07) is 4.13. The van der Waals surface area contributed by atoms with E-state index in [0.29, 0.717) is 29.5 Å². The zero-order valence-electron chi connectivity index (χ0n) is 15.1. The Morgan fingerprint density at radius 1 is 1.06 bits per heavy atom. The van der Waals surface area contributed by atoms with Gasteiger partial charge < -0.3 is 9.50 Å². The van der Waals surface area contributed by atoms with Crippen molar-refractivity contribution in [2.75, 3.05) is 5.32 Å². The number of nitrogens with one attached hydrogen (secondary N) is 1. The van der Waals surface area contributed by atoms with Crippen LogP contribution in [-0.2, 0) is 27.3 Å². The number of halogens is 6. The van der Waals surface area contributed by atoms with Gasteiger partial charge >= 0.3 is 22.5 Å². The minimum absolute atomic E-state index is 0.0250. The summed E-state index contributed by atoms with van der Waals surface area (Å²) in [5.41, 5.74) is -3.52. The average molecular weight is 484 g/mol. The summed E-state index contributed by atoms with van der Waals surface area (Å²) in [4.78, 5) is 13.6. The number of nitrogens with zero attached hydrogens (tertiary/aromatic N) is 1. The number of anilines is 1. The van der Waals surface area contributed by atoms with Crippen LogP contribution >= 0.6 is 11.3 Å². The first-order valence-electron chi connectivity index (χ1n) is 8.08. The Kier molecular flexibility index (Phi) is 5.65. The van der Waals surface area contributed by atoms with E-state index in [2.05, 4.69) is 14.5 Å². The predicted octanol–water partition coefficient (Wildman–Crippen LogP) is 5.06.